The van der Waals surface area contributed by atoms with E-state index in [9.17, 15) is 0 Å². The third-order valence-corrected chi connectivity index (χ3v) is 6.39. The Bertz CT molecular complexity index is 1010. The normalized spacial score (nSPS) is 17.7. The third-order valence-electron chi connectivity index (χ3n) is 6.03. The molecule has 0 bridgehead atoms. The van der Waals surface area contributed by atoms with Crippen molar-refractivity contribution in [3.8, 4) is 11.8 Å². The SMILES string of the molecule is COc1ccccc1C1CCN(c2ccn3c(OCC4CC4)nnc3c2Cl)CC1. The van der Waals surface area contributed by atoms with Crippen molar-refractivity contribution < 1.29 is 9.47 Å². The van der Waals surface area contributed by atoms with Gasteiger partial charge in [-0.05, 0) is 55.2 Å². The fourth-order valence-corrected chi connectivity index (χ4v) is 4.46. The first-order valence-corrected chi connectivity index (χ1v) is 10.7. The summed E-state index contributed by atoms with van der Waals surface area (Å²) < 4.78 is 13.2. The maximum atomic E-state index is 6.72. The van der Waals surface area contributed by atoms with Gasteiger partial charge in [0.15, 0.2) is 5.65 Å². The summed E-state index contributed by atoms with van der Waals surface area (Å²) in [5.41, 5.74) is 2.96. The van der Waals surface area contributed by atoms with Gasteiger partial charge in [0, 0.05) is 19.3 Å². The molecule has 5 rings (SSSR count). The van der Waals surface area contributed by atoms with Gasteiger partial charge in [0.05, 0.1) is 19.4 Å². The molecule has 3 heterocycles. The minimum atomic E-state index is 0.500. The molecule has 1 aromatic carbocycles. The molecule has 7 heteroatoms. The number of aromatic nitrogens is 3. The largest absolute Gasteiger partial charge is 0.496 e. The monoisotopic (exact) mass is 412 g/mol. The Balaban J connectivity index is 1.32. The number of benzene rings is 1. The number of nitrogens with zero attached hydrogens (tertiary/aromatic N) is 4. The number of pyridine rings is 1. The predicted molar refractivity (Wildman–Crippen MR) is 113 cm³/mol. The third kappa shape index (κ3) is 3.62. The van der Waals surface area contributed by atoms with Crippen LogP contribution in [-0.2, 0) is 0 Å². The van der Waals surface area contributed by atoms with E-state index in [1.54, 1.807) is 7.11 Å². The highest BCUT2D eigenvalue weighted by Gasteiger charge is 2.26. The number of rotatable bonds is 6. The maximum absolute atomic E-state index is 6.72. The van der Waals surface area contributed by atoms with Gasteiger partial charge in [0.2, 0.25) is 0 Å². The van der Waals surface area contributed by atoms with E-state index in [1.807, 2.05) is 28.8 Å². The van der Waals surface area contributed by atoms with Gasteiger partial charge in [0.25, 0.3) is 0 Å². The Kier molecular flexibility index (Phi) is 4.96. The maximum Gasteiger partial charge on any atom is 0.321 e. The molecule has 0 radical (unpaired) electrons. The molecule has 0 unspecified atom stereocenters. The average Bonchev–Trinajstić information content (AvgIpc) is 3.51. The zero-order chi connectivity index (χ0) is 19.8. The van der Waals surface area contributed by atoms with Crippen LogP contribution in [0.4, 0.5) is 5.69 Å². The van der Waals surface area contributed by atoms with Gasteiger partial charge >= 0.3 is 6.01 Å². The Labute approximate surface area is 175 Å². The molecule has 0 spiro atoms. The zero-order valence-electron chi connectivity index (χ0n) is 16.6. The lowest BCUT2D eigenvalue weighted by Gasteiger charge is -2.34. The van der Waals surface area contributed by atoms with Crippen molar-refractivity contribution in [2.45, 2.75) is 31.6 Å². The van der Waals surface area contributed by atoms with Gasteiger partial charge in [-0.2, -0.15) is 0 Å². The van der Waals surface area contributed by atoms with E-state index in [4.69, 9.17) is 21.1 Å². The fraction of sp³-hybridized carbons (Fsp3) is 0.455. The molecule has 6 nitrogen and oxygen atoms in total. The zero-order valence-corrected chi connectivity index (χ0v) is 17.3. The van der Waals surface area contributed by atoms with Gasteiger partial charge in [-0.3, -0.25) is 4.40 Å². The molecule has 1 saturated carbocycles. The Morgan fingerprint density at radius 2 is 1.86 bits per heavy atom. The van der Waals surface area contributed by atoms with Gasteiger partial charge in [-0.1, -0.05) is 34.9 Å². The molecule has 152 valence electrons. The van der Waals surface area contributed by atoms with Crippen LogP contribution in [0.15, 0.2) is 36.5 Å². The van der Waals surface area contributed by atoms with E-state index in [2.05, 4.69) is 27.2 Å². The van der Waals surface area contributed by atoms with Crippen LogP contribution in [0, 0.1) is 5.92 Å². The van der Waals surface area contributed by atoms with Gasteiger partial charge in [0.1, 0.15) is 10.8 Å². The summed E-state index contributed by atoms with van der Waals surface area (Å²) in [6.45, 7) is 2.59. The summed E-state index contributed by atoms with van der Waals surface area (Å²) in [5.74, 6) is 2.15. The van der Waals surface area contributed by atoms with Crippen LogP contribution in [0.5, 0.6) is 11.8 Å². The molecule has 1 aliphatic carbocycles. The molecule has 1 saturated heterocycles. The number of hydrogen-bond acceptors (Lipinski definition) is 5. The summed E-state index contributed by atoms with van der Waals surface area (Å²) >= 11 is 6.72. The van der Waals surface area contributed by atoms with Crippen LogP contribution < -0.4 is 14.4 Å². The molecule has 2 fully saturated rings. The highest BCUT2D eigenvalue weighted by molar-refractivity contribution is 6.36. The van der Waals surface area contributed by atoms with E-state index in [0.29, 0.717) is 35.1 Å². The molecule has 0 amide bonds. The van der Waals surface area contributed by atoms with Crippen LogP contribution in [0.1, 0.15) is 37.2 Å². The average molecular weight is 413 g/mol. The standard InChI is InChI=1S/C22H25ClN4O2/c1-28-19-5-3-2-4-17(19)16-8-11-26(12-9-16)18-10-13-27-21(20(18)23)24-25-22(27)29-14-15-6-7-15/h2-5,10,13,15-16H,6-9,11-12,14H2,1H3. The predicted octanol–water partition coefficient (Wildman–Crippen LogP) is 4.56. The highest BCUT2D eigenvalue weighted by Crippen LogP contribution is 2.38. The second-order valence-corrected chi connectivity index (χ2v) is 8.33. The summed E-state index contributed by atoms with van der Waals surface area (Å²) in [6, 6.07) is 10.9. The molecule has 29 heavy (non-hydrogen) atoms. The number of hydrogen-bond donors (Lipinski definition) is 0. The van der Waals surface area contributed by atoms with Gasteiger partial charge in [-0.15, -0.1) is 5.10 Å². The fourth-order valence-electron chi connectivity index (χ4n) is 4.15. The van der Waals surface area contributed by atoms with Crippen molar-refractivity contribution in [2.75, 3.05) is 31.7 Å². The number of halogens is 1. The van der Waals surface area contributed by atoms with Crippen molar-refractivity contribution in [3.63, 3.8) is 0 Å². The number of fused-ring (bicyclic) bond motifs is 1. The van der Waals surface area contributed by atoms with E-state index in [1.165, 1.54) is 18.4 Å². The first-order valence-electron chi connectivity index (χ1n) is 10.3. The van der Waals surface area contributed by atoms with Gasteiger partial charge < -0.3 is 14.4 Å². The van der Waals surface area contributed by atoms with Crippen LogP contribution in [-0.4, -0.2) is 41.4 Å². The minimum Gasteiger partial charge on any atom is -0.496 e. The lowest BCUT2D eigenvalue weighted by Crippen LogP contribution is -2.33. The van der Waals surface area contributed by atoms with Crippen molar-refractivity contribution in [3.05, 3.63) is 47.1 Å². The molecular formula is C22H25ClN4O2. The van der Waals surface area contributed by atoms with Crippen molar-refractivity contribution in [2.24, 2.45) is 5.92 Å². The quantitative estimate of drug-likeness (QED) is 0.593. The number of methoxy groups -OCH3 is 1. The smallest absolute Gasteiger partial charge is 0.321 e. The minimum absolute atomic E-state index is 0.500. The van der Waals surface area contributed by atoms with Crippen LogP contribution in [0.3, 0.4) is 0 Å². The molecule has 0 N–H and O–H groups in total. The second kappa shape index (κ2) is 7.75. The number of para-hydroxylation sites is 1. The van der Waals surface area contributed by atoms with Crippen molar-refractivity contribution in [1.82, 2.24) is 14.6 Å². The van der Waals surface area contributed by atoms with Crippen molar-refractivity contribution in [1.29, 1.82) is 0 Å². The summed E-state index contributed by atoms with van der Waals surface area (Å²) in [7, 11) is 1.74. The summed E-state index contributed by atoms with van der Waals surface area (Å²) in [5, 5.41) is 9.09. The van der Waals surface area contributed by atoms with E-state index in [-0.39, 0.29) is 0 Å². The molecule has 2 aromatic heterocycles. The molecule has 0 atom stereocenters. The molecular weight excluding hydrogens is 388 g/mol. The van der Waals surface area contributed by atoms with E-state index < -0.39 is 0 Å². The Hall–Kier alpha value is -2.47. The Morgan fingerprint density at radius 1 is 1.07 bits per heavy atom. The van der Waals surface area contributed by atoms with E-state index >= 15 is 0 Å². The van der Waals surface area contributed by atoms with E-state index in [0.717, 1.165) is 37.4 Å². The van der Waals surface area contributed by atoms with Crippen LogP contribution in [0.2, 0.25) is 5.02 Å². The highest BCUT2D eigenvalue weighted by atomic mass is 35.5. The lowest BCUT2D eigenvalue weighted by atomic mass is 9.88. The number of ether oxygens (including phenoxy) is 2. The molecule has 1 aliphatic heterocycles. The van der Waals surface area contributed by atoms with Crippen LogP contribution >= 0.6 is 11.6 Å². The van der Waals surface area contributed by atoms with Gasteiger partial charge in [-0.25, -0.2) is 0 Å². The number of anilines is 1. The number of piperidine rings is 1. The Morgan fingerprint density at radius 3 is 2.62 bits per heavy atom. The van der Waals surface area contributed by atoms with Crippen molar-refractivity contribution >= 4 is 22.9 Å². The summed E-state index contributed by atoms with van der Waals surface area (Å²) in [4.78, 5) is 2.34. The first-order chi connectivity index (χ1) is 14.2. The lowest BCUT2D eigenvalue weighted by molar-refractivity contribution is 0.273. The second-order valence-electron chi connectivity index (χ2n) is 7.95. The molecule has 2 aliphatic rings. The molecule has 3 aromatic rings. The topological polar surface area (TPSA) is 51.9 Å². The summed E-state index contributed by atoms with van der Waals surface area (Å²) in [6.07, 6.45) is 6.57. The van der Waals surface area contributed by atoms with Crippen LogP contribution in [0.25, 0.3) is 5.65 Å². The first kappa shape index (κ1) is 18.6.